The van der Waals surface area contributed by atoms with Gasteiger partial charge < -0.3 is 4.74 Å². The molecule has 170 valence electrons. The Morgan fingerprint density at radius 3 is 2.91 bits per heavy atom. The standard InChI is InChI=1S/C30H34N2O/c1-28-10-8-24-17-23-4-5-25(32-14-15-32)18-29(23)11-12-30(24,33-29)27(28)7-6-26(28)21-3-2-20-9-13-31-19-22(20)16-21/h2-3,8-9,13,16-17,19,25-27H,4-7,10-12,14-15,18H2,1H3. The summed E-state index contributed by atoms with van der Waals surface area (Å²) in [6, 6.07) is 9.99. The molecular weight excluding hydrogens is 404 g/mol. The van der Waals surface area contributed by atoms with Gasteiger partial charge in [-0.2, -0.15) is 0 Å². The van der Waals surface area contributed by atoms with E-state index in [0.717, 1.165) is 6.04 Å². The smallest absolute Gasteiger partial charge is 0.0974 e. The molecule has 3 aliphatic heterocycles. The van der Waals surface area contributed by atoms with Crippen LogP contribution in [-0.2, 0) is 4.74 Å². The van der Waals surface area contributed by atoms with Crippen LogP contribution >= 0.6 is 0 Å². The van der Waals surface area contributed by atoms with E-state index >= 15 is 0 Å². The van der Waals surface area contributed by atoms with E-state index in [-0.39, 0.29) is 16.6 Å². The fourth-order valence-corrected chi connectivity index (χ4v) is 8.98. The first kappa shape index (κ1) is 19.3. The fourth-order valence-electron chi connectivity index (χ4n) is 8.98. The van der Waals surface area contributed by atoms with Gasteiger partial charge in [0.25, 0.3) is 0 Å². The number of nitrogens with zero attached hydrogens (tertiary/aromatic N) is 2. The first-order chi connectivity index (χ1) is 16.1. The molecule has 2 bridgehead atoms. The average molecular weight is 439 g/mol. The summed E-state index contributed by atoms with van der Waals surface area (Å²) < 4.78 is 7.45. The van der Waals surface area contributed by atoms with Crippen molar-refractivity contribution in [2.24, 2.45) is 11.3 Å². The molecule has 4 heterocycles. The highest BCUT2D eigenvalue weighted by molar-refractivity contribution is 5.82. The third-order valence-corrected chi connectivity index (χ3v) is 10.7. The van der Waals surface area contributed by atoms with Crippen molar-refractivity contribution in [3.8, 4) is 0 Å². The van der Waals surface area contributed by atoms with E-state index in [2.05, 4.69) is 53.2 Å². The van der Waals surface area contributed by atoms with Gasteiger partial charge in [0.15, 0.2) is 0 Å². The van der Waals surface area contributed by atoms with E-state index in [1.165, 1.54) is 80.8 Å². The van der Waals surface area contributed by atoms with Gasteiger partial charge in [-0.25, -0.2) is 0 Å². The lowest BCUT2D eigenvalue weighted by Crippen LogP contribution is -2.54. The Hall–Kier alpha value is -1.97. The number of ether oxygens (including phenoxy) is 1. The van der Waals surface area contributed by atoms with Crippen molar-refractivity contribution >= 4 is 10.8 Å². The first-order valence-electron chi connectivity index (χ1n) is 13.3. The minimum absolute atomic E-state index is 0.0355. The maximum atomic E-state index is 7.45. The van der Waals surface area contributed by atoms with E-state index in [0.29, 0.717) is 11.8 Å². The van der Waals surface area contributed by atoms with Gasteiger partial charge in [0, 0.05) is 36.9 Å². The molecule has 0 radical (unpaired) electrons. The number of aromatic nitrogens is 1. The molecule has 2 saturated carbocycles. The highest BCUT2D eigenvalue weighted by Crippen LogP contribution is 2.69. The van der Waals surface area contributed by atoms with Gasteiger partial charge in [-0.15, -0.1) is 0 Å². The van der Waals surface area contributed by atoms with Gasteiger partial charge in [0.1, 0.15) is 0 Å². The number of hydrogen-bond acceptors (Lipinski definition) is 3. The number of fused-ring (bicyclic) bond motifs is 2. The number of allylic oxidation sites excluding steroid dienone is 1. The van der Waals surface area contributed by atoms with Crippen molar-refractivity contribution in [1.29, 1.82) is 0 Å². The zero-order valence-electron chi connectivity index (χ0n) is 19.7. The van der Waals surface area contributed by atoms with Crippen LogP contribution in [0.15, 0.2) is 60.0 Å². The summed E-state index contributed by atoms with van der Waals surface area (Å²) in [4.78, 5) is 7.06. The highest BCUT2D eigenvalue weighted by atomic mass is 16.5. The van der Waals surface area contributed by atoms with E-state index in [1.807, 2.05) is 12.4 Å². The van der Waals surface area contributed by atoms with Crippen LogP contribution in [0.4, 0.5) is 0 Å². The minimum atomic E-state index is -0.0373. The van der Waals surface area contributed by atoms with Crippen LogP contribution in [0.2, 0.25) is 0 Å². The van der Waals surface area contributed by atoms with Crippen molar-refractivity contribution < 1.29 is 4.74 Å². The maximum Gasteiger partial charge on any atom is 0.0974 e. The lowest BCUT2D eigenvalue weighted by Gasteiger charge is -2.54. The molecule has 6 aliphatic rings. The molecule has 2 saturated heterocycles. The Bertz CT molecular complexity index is 1230. The minimum Gasteiger partial charge on any atom is -0.359 e. The summed E-state index contributed by atoms with van der Waals surface area (Å²) in [5.41, 5.74) is 4.94. The highest BCUT2D eigenvalue weighted by Gasteiger charge is 2.66. The van der Waals surface area contributed by atoms with Gasteiger partial charge >= 0.3 is 0 Å². The third kappa shape index (κ3) is 2.51. The predicted octanol–water partition coefficient (Wildman–Crippen LogP) is 6.16. The second-order valence-electron chi connectivity index (χ2n) is 12.1. The normalized spacial score (nSPS) is 43.5. The molecule has 3 heteroatoms. The van der Waals surface area contributed by atoms with Crippen molar-refractivity contribution in [3.63, 3.8) is 0 Å². The molecule has 1 aromatic heterocycles. The summed E-state index contributed by atoms with van der Waals surface area (Å²) in [7, 11) is 0. The Labute approximate surface area is 196 Å². The zero-order valence-corrected chi connectivity index (χ0v) is 19.7. The first-order valence-corrected chi connectivity index (χ1v) is 13.3. The molecule has 8 rings (SSSR count). The van der Waals surface area contributed by atoms with Gasteiger partial charge in [-0.1, -0.05) is 31.2 Å². The molecule has 3 nitrogen and oxygen atoms in total. The van der Waals surface area contributed by atoms with Crippen molar-refractivity contribution in [3.05, 3.63) is 65.5 Å². The van der Waals surface area contributed by atoms with Gasteiger partial charge in [0.05, 0.1) is 11.2 Å². The Morgan fingerprint density at radius 2 is 2.00 bits per heavy atom. The molecule has 33 heavy (non-hydrogen) atoms. The second kappa shape index (κ2) is 6.37. The van der Waals surface area contributed by atoms with Crippen LogP contribution < -0.4 is 0 Å². The lowest BCUT2D eigenvalue weighted by molar-refractivity contribution is -0.138. The van der Waals surface area contributed by atoms with Crippen molar-refractivity contribution in [2.75, 3.05) is 13.1 Å². The van der Waals surface area contributed by atoms with Crippen LogP contribution in [0.5, 0.6) is 0 Å². The molecule has 2 aromatic rings. The maximum absolute atomic E-state index is 7.45. The van der Waals surface area contributed by atoms with Crippen molar-refractivity contribution in [1.82, 2.24) is 9.88 Å². The lowest BCUT2D eigenvalue weighted by atomic mass is 9.58. The Balaban J connectivity index is 1.18. The summed E-state index contributed by atoms with van der Waals surface area (Å²) in [5.74, 6) is 1.22. The number of pyridine rings is 1. The fraction of sp³-hybridized carbons (Fsp3) is 0.567. The molecule has 6 unspecified atom stereocenters. The predicted molar refractivity (Wildman–Crippen MR) is 131 cm³/mol. The number of hydrogen-bond donors (Lipinski definition) is 0. The Kier molecular flexibility index (Phi) is 3.73. The number of rotatable bonds is 2. The zero-order chi connectivity index (χ0) is 21.8. The summed E-state index contributed by atoms with van der Waals surface area (Å²) in [6.45, 7) is 5.19. The van der Waals surface area contributed by atoms with E-state index < -0.39 is 0 Å². The molecule has 0 amide bonds. The van der Waals surface area contributed by atoms with Gasteiger partial charge in [-0.3, -0.25) is 9.88 Å². The molecule has 6 atom stereocenters. The van der Waals surface area contributed by atoms with Crippen molar-refractivity contribution in [2.45, 2.75) is 81.5 Å². The summed E-state index contributed by atoms with van der Waals surface area (Å²) >= 11 is 0. The van der Waals surface area contributed by atoms with E-state index in [4.69, 9.17) is 4.74 Å². The second-order valence-corrected chi connectivity index (χ2v) is 12.1. The number of benzene rings is 1. The van der Waals surface area contributed by atoms with Crippen LogP contribution in [-0.4, -0.2) is 40.2 Å². The quantitative estimate of drug-likeness (QED) is 0.525. The van der Waals surface area contributed by atoms with Gasteiger partial charge in [0.2, 0.25) is 0 Å². The molecule has 2 spiro atoms. The molecule has 0 N–H and O–H groups in total. The molecular formula is C30H34N2O. The summed E-state index contributed by atoms with van der Waals surface area (Å²) in [6.07, 6.45) is 19.2. The molecule has 4 fully saturated rings. The van der Waals surface area contributed by atoms with Crippen LogP contribution in [0.25, 0.3) is 10.8 Å². The average Bonchev–Trinajstić information content (AvgIpc) is 3.56. The van der Waals surface area contributed by atoms with E-state index in [9.17, 15) is 0 Å². The largest absolute Gasteiger partial charge is 0.359 e. The van der Waals surface area contributed by atoms with Gasteiger partial charge in [-0.05, 0) is 103 Å². The monoisotopic (exact) mass is 438 g/mol. The summed E-state index contributed by atoms with van der Waals surface area (Å²) in [5, 5.41) is 2.57. The SMILES string of the molecule is CC12CC=C3C=C4CCC(N5CC5)CC45CCC3(O5)C1CCC2c1ccc2ccncc2c1. The Morgan fingerprint density at radius 1 is 1.06 bits per heavy atom. The van der Waals surface area contributed by atoms with E-state index in [1.54, 1.807) is 11.1 Å². The van der Waals surface area contributed by atoms with Crippen LogP contribution in [0.1, 0.15) is 69.8 Å². The van der Waals surface area contributed by atoms with Crippen LogP contribution in [0.3, 0.4) is 0 Å². The topological polar surface area (TPSA) is 25.1 Å². The van der Waals surface area contributed by atoms with Crippen LogP contribution in [0, 0.1) is 11.3 Å². The molecule has 3 aliphatic carbocycles. The third-order valence-electron chi connectivity index (χ3n) is 10.7. The molecule has 1 aromatic carbocycles.